The zero-order valence-electron chi connectivity index (χ0n) is 9.57. The Hall–Kier alpha value is -1.79. The topological polar surface area (TPSA) is 141 Å². The monoisotopic (exact) mass is 348 g/mol. The molecule has 2 aromatic rings. The Morgan fingerprint density at radius 2 is 2.21 bits per heavy atom. The third-order valence-corrected chi connectivity index (χ3v) is 3.75. The van der Waals surface area contributed by atoms with Crippen LogP contribution in [0.4, 0.5) is 11.8 Å². The molecule has 0 radical (unpaired) electrons. The number of tetrazole rings is 1. The first-order valence-corrected chi connectivity index (χ1v) is 7.09. The minimum Gasteiger partial charge on any atom is -0.307 e. The van der Waals surface area contributed by atoms with Gasteiger partial charge in [0.1, 0.15) is 4.90 Å². The normalized spacial score (nSPS) is 11.3. The predicted octanol–water partition coefficient (Wildman–Crippen LogP) is -0.546. The van der Waals surface area contributed by atoms with Crippen LogP contribution in [0.1, 0.15) is 0 Å². The molecule has 2 aromatic heterocycles. The van der Waals surface area contributed by atoms with Crippen LogP contribution in [-0.4, -0.2) is 33.6 Å². The van der Waals surface area contributed by atoms with Crippen LogP contribution in [0.15, 0.2) is 21.6 Å². The second kappa shape index (κ2) is 5.07. The number of nitrogen functional groups attached to an aromatic ring is 1. The molecule has 0 bridgehead atoms. The standard InChI is InChI=1S/C7H9BrN8O2S/c1-16-13-7(12-15-16)14-19(17,18)5-2-4(8)3-10-6(5)11-9/h2-3H,9H2,1H3,(H,10,11)(H,13,14). The summed E-state index contributed by atoms with van der Waals surface area (Å²) in [5.41, 5.74) is 2.21. The summed E-state index contributed by atoms with van der Waals surface area (Å²) in [5.74, 6) is 5.08. The van der Waals surface area contributed by atoms with Crippen LogP contribution >= 0.6 is 15.9 Å². The molecule has 0 saturated carbocycles. The number of hydrogen-bond acceptors (Lipinski definition) is 8. The minimum atomic E-state index is -3.93. The van der Waals surface area contributed by atoms with Gasteiger partial charge in [0.2, 0.25) is 0 Å². The largest absolute Gasteiger partial charge is 0.307 e. The van der Waals surface area contributed by atoms with Gasteiger partial charge in [-0.25, -0.2) is 24.0 Å². The van der Waals surface area contributed by atoms with E-state index in [0.29, 0.717) is 4.47 Å². The van der Waals surface area contributed by atoms with Crippen molar-refractivity contribution in [3.63, 3.8) is 0 Å². The lowest BCUT2D eigenvalue weighted by atomic mass is 10.5. The van der Waals surface area contributed by atoms with Gasteiger partial charge in [-0.15, -0.1) is 5.10 Å². The number of pyridine rings is 1. The zero-order chi connectivity index (χ0) is 14.0. The molecular weight excluding hydrogens is 340 g/mol. The summed E-state index contributed by atoms with van der Waals surface area (Å²) in [6.07, 6.45) is 1.41. The Morgan fingerprint density at radius 1 is 1.47 bits per heavy atom. The number of rotatable bonds is 4. The number of hydrazine groups is 1. The Bertz CT molecular complexity index is 699. The van der Waals surface area contributed by atoms with Crippen molar-refractivity contribution in [3.8, 4) is 0 Å². The molecular formula is C7H9BrN8O2S. The highest BCUT2D eigenvalue weighted by atomic mass is 79.9. The van der Waals surface area contributed by atoms with Crippen molar-refractivity contribution in [1.29, 1.82) is 0 Å². The number of halogens is 1. The highest BCUT2D eigenvalue weighted by molar-refractivity contribution is 9.10. The Kier molecular flexibility index (Phi) is 3.64. The van der Waals surface area contributed by atoms with Crippen molar-refractivity contribution in [2.75, 3.05) is 10.1 Å². The molecule has 2 rings (SSSR count). The molecule has 102 valence electrons. The van der Waals surface area contributed by atoms with E-state index in [2.05, 4.69) is 46.5 Å². The van der Waals surface area contributed by atoms with Gasteiger partial charge >= 0.3 is 0 Å². The fourth-order valence-corrected chi connectivity index (χ4v) is 2.80. The number of hydrogen-bond donors (Lipinski definition) is 3. The van der Waals surface area contributed by atoms with E-state index in [-0.39, 0.29) is 16.7 Å². The van der Waals surface area contributed by atoms with E-state index in [1.54, 1.807) is 0 Å². The molecule has 0 atom stereocenters. The molecule has 0 spiro atoms. The van der Waals surface area contributed by atoms with Crippen molar-refractivity contribution in [1.82, 2.24) is 25.2 Å². The quantitative estimate of drug-likeness (QED) is 0.493. The molecule has 0 aliphatic heterocycles. The Morgan fingerprint density at radius 3 is 2.79 bits per heavy atom. The Labute approximate surface area is 116 Å². The maximum Gasteiger partial charge on any atom is 0.277 e. The lowest BCUT2D eigenvalue weighted by Gasteiger charge is -2.09. The molecule has 0 amide bonds. The summed E-state index contributed by atoms with van der Waals surface area (Å²) in [6.45, 7) is 0. The Balaban J connectivity index is 2.41. The van der Waals surface area contributed by atoms with Crippen molar-refractivity contribution < 1.29 is 8.42 Å². The predicted molar refractivity (Wildman–Crippen MR) is 69.4 cm³/mol. The third-order valence-electron chi connectivity index (χ3n) is 1.98. The second-order valence-corrected chi connectivity index (χ2v) is 5.92. The van der Waals surface area contributed by atoms with Gasteiger partial charge in [0.25, 0.3) is 16.0 Å². The van der Waals surface area contributed by atoms with Crippen LogP contribution in [0.25, 0.3) is 0 Å². The lowest BCUT2D eigenvalue weighted by Crippen LogP contribution is -2.19. The molecule has 10 nitrogen and oxygen atoms in total. The van der Waals surface area contributed by atoms with Gasteiger partial charge in [-0.2, -0.15) is 4.80 Å². The van der Waals surface area contributed by atoms with E-state index in [9.17, 15) is 8.42 Å². The second-order valence-electron chi connectivity index (χ2n) is 3.35. The van der Waals surface area contributed by atoms with E-state index < -0.39 is 10.0 Å². The van der Waals surface area contributed by atoms with E-state index in [1.807, 2.05) is 0 Å². The SMILES string of the molecule is Cn1nnc(NS(=O)(=O)c2cc(Br)cnc2NN)n1. The molecule has 0 fully saturated rings. The fraction of sp³-hybridized carbons (Fsp3) is 0.143. The van der Waals surface area contributed by atoms with Gasteiger partial charge in [0, 0.05) is 10.7 Å². The van der Waals surface area contributed by atoms with Crippen LogP contribution in [0, 0.1) is 0 Å². The number of sulfonamides is 1. The van der Waals surface area contributed by atoms with Gasteiger partial charge in [-0.1, -0.05) is 5.10 Å². The van der Waals surface area contributed by atoms with E-state index >= 15 is 0 Å². The number of nitrogens with two attached hydrogens (primary N) is 1. The number of anilines is 2. The average Bonchev–Trinajstić information content (AvgIpc) is 2.74. The van der Waals surface area contributed by atoms with Crippen LogP contribution < -0.4 is 16.0 Å². The van der Waals surface area contributed by atoms with Gasteiger partial charge < -0.3 is 5.43 Å². The van der Waals surface area contributed by atoms with Gasteiger partial charge in [-0.05, 0) is 27.2 Å². The highest BCUT2D eigenvalue weighted by Gasteiger charge is 2.22. The fourth-order valence-electron chi connectivity index (χ4n) is 1.23. The molecule has 4 N–H and O–H groups in total. The number of aromatic nitrogens is 5. The third kappa shape index (κ3) is 2.97. The summed E-state index contributed by atoms with van der Waals surface area (Å²) in [6, 6.07) is 1.35. The van der Waals surface area contributed by atoms with Crippen LogP contribution in [0.2, 0.25) is 0 Å². The average molecular weight is 349 g/mol. The maximum atomic E-state index is 12.2. The number of nitrogens with zero attached hydrogens (tertiary/aromatic N) is 5. The molecule has 0 saturated heterocycles. The minimum absolute atomic E-state index is 0.000379. The van der Waals surface area contributed by atoms with Crippen molar-refractivity contribution in [3.05, 3.63) is 16.7 Å². The molecule has 12 heteroatoms. The summed E-state index contributed by atoms with van der Waals surface area (Å²) < 4.78 is 27.0. The first-order chi connectivity index (χ1) is 8.92. The van der Waals surface area contributed by atoms with Crippen LogP contribution in [0.5, 0.6) is 0 Å². The summed E-state index contributed by atoms with van der Waals surface area (Å²) in [4.78, 5) is 4.83. The summed E-state index contributed by atoms with van der Waals surface area (Å²) >= 11 is 3.14. The van der Waals surface area contributed by atoms with Crippen LogP contribution in [0.3, 0.4) is 0 Å². The van der Waals surface area contributed by atoms with Crippen molar-refractivity contribution in [2.45, 2.75) is 4.90 Å². The summed E-state index contributed by atoms with van der Waals surface area (Å²) in [7, 11) is -2.42. The smallest absolute Gasteiger partial charge is 0.277 e. The number of nitrogens with one attached hydrogen (secondary N) is 2. The molecule has 0 unspecified atom stereocenters. The van der Waals surface area contributed by atoms with E-state index in [0.717, 1.165) is 4.80 Å². The van der Waals surface area contributed by atoms with Gasteiger partial charge in [-0.3, -0.25) is 0 Å². The lowest BCUT2D eigenvalue weighted by molar-refractivity contribution is 0.600. The molecule has 0 aromatic carbocycles. The van der Waals surface area contributed by atoms with Gasteiger partial charge in [0.15, 0.2) is 5.82 Å². The molecule has 0 aliphatic carbocycles. The van der Waals surface area contributed by atoms with E-state index in [1.165, 1.54) is 19.3 Å². The maximum absolute atomic E-state index is 12.2. The number of aryl methyl sites for hydroxylation is 1. The van der Waals surface area contributed by atoms with Crippen LogP contribution in [-0.2, 0) is 17.1 Å². The first kappa shape index (κ1) is 13.6. The summed E-state index contributed by atoms with van der Waals surface area (Å²) in [5, 5.41) is 10.8. The highest BCUT2D eigenvalue weighted by Crippen LogP contribution is 2.23. The van der Waals surface area contributed by atoms with Gasteiger partial charge in [0.05, 0.1) is 7.05 Å². The molecule has 0 aliphatic rings. The van der Waals surface area contributed by atoms with E-state index in [4.69, 9.17) is 5.84 Å². The zero-order valence-corrected chi connectivity index (χ0v) is 12.0. The first-order valence-electron chi connectivity index (χ1n) is 4.81. The van der Waals surface area contributed by atoms with Crippen molar-refractivity contribution in [2.24, 2.45) is 12.9 Å². The molecule has 2 heterocycles. The van der Waals surface area contributed by atoms with Crippen molar-refractivity contribution >= 4 is 37.7 Å². The molecule has 19 heavy (non-hydrogen) atoms.